The van der Waals surface area contributed by atoms with E-state index >= 15 is 0 Å². The Balaban J connectivity index is 2.78. The summed E-state index contributed by atoms with van der Waals surface area (Å²) in [5.74, 6) is -2.39. The summed E-state index contributed by atoms with van der Waals surface area (Å²) in [5.41, 5.74) is 0. The van der Waals surface area contributed by atoms with Gasteiger partial charge < -0.3 is 14.9 Å². The molecule has 8 heteroatoms. The van der Waals surface area contributed by atoms with Gasteiger partial charge in [0.2, 0.25) is 0 Å². The Labute approximate surface area is 89.4 Å². The van der Waals surface area contributed by atoms with Crippen molar-refractivity contribution >= 4 is 18.0 Å². The maximum absolute atomic E-state index is 11.8. The molecule has 1 saturated heterocycles. The van der Waals surface area contributed by atoms with Gasteiger partial charge in [0.05, 0.1) is 6.61 Å². The molecule has 90 valence electrons. The van der Waals surface area contributed by atoms with Crippen molar-refractivity contribution < 1.29 is 33.7 Å². The number of ether oxygens (including phenoxy) is 1. The van der Waals surface area contributed by atoms with E-state index in [1.54, 1.807) is 0 Å². The van der Waals surface area contributed by atoms with Gasteiger partial charge in [0.1, 0.15) is 18.8 Å². The summed E-state index contributed by atoms with van der Waals surface area (Å²) < 4.78 is 16.5. The molecule has 1 fully saturated rings. The minimum atomic E-state index is -1.65. The molecule has 0 saturated carbocycles. The Bertz CT molecular complexity index is 320. The van der Waals surface area contributed by atoms with Crippen LogP contribution in [-0.2, 0) is 14.3 Å². The van der Waals surface area contributed by atoms with Gasteiger partial charge in [-0.15, -0.1) is 0 Å². The zero-order valence-electron chi connectivity index (χ0n) is 8.13. The van der Waals surface area contributed by atoms with Gasteiger partial charge in [-0.2, -0.15) is 0 Å². The van der Waals surface area contributed by atoms with Gasteiger partial charge in [-0.25, -0.2) is 18.9 Å². The number of carboxylic acids is 1. The van der Waals surface area contributed by atoms with Crippen LogP contribution in [0, 0.1) is 0 Å². The molecule has 0 unspecified atom stereocenters. The molecule has 16 heavy (non-hydrogen) atoms. The number of amides is 2. The highest BCUT2D eigenvalue weighted by atomic mass is 19.1. The van der Waals surface area contributed by atoms with Gasteiger partial charge in [0.15, 0.2) is 0 Å². The zero-order chi connectivity index (χ0) is 12.3. The van der Waals surface area contributed by atoms with Crippen LogP contribution in [0.1, 0.15) is 6.42 Å². The topological polar surface area (TPSA) is 104 Å². The van der Waals surface area contributed by atoms with Gasteiger partial charge >= 0.3 is 12.1 Å². The molecule has 2 amide bonds. The second kappa shape index (κ2) is 4.88. The summed E-state index contributed by atoms with van der Waals surface area (Å²) in [5, 5.41) is 17.4. The number of rotatable bonds is 4. The third kappa shape index (κ3) is 2.27. The normalized spacial score (nSPS) is 24.8. The first-order valence-electron chi connectivity index (χ1n) is 4.45. The number of carbonyl (C=O) groups excluding carboxylic acids is 1. The standard InChI is InChI=1S/C8H10FNO6/c9-1-2-16-5-3-4(7(12)13)10(6(5)11)8(14)15/h4-5H,1-3H2,(H,12,13)(H,14,15)/t4-,5-/m0/s1. The predicted octanol–water partition coefficient (Wildman–Crippen LogP) is -0.295. The lowest BCUT2D eigenvalue weighted by molar-refractivity contribution is -0.145. The van der Waals surface area contributed by atoms with Crippen LogP contribution in [0.5, 0.6) is 0 Å². The fourth-order valence-corrected chi connectivity index (χ4v) is 1.48. The van der Waals surface area contributed by atoms with Crippen LogP contribution in [0.15, 0.2) is 0 Å². The van der Waals surface area contributed by atoms with E-state index in [0.29, 0.717) is 0 Å². The molecule has 0 radical (unpaired) electrons. The first-order valence-corrected chi connectivity index (χ1v) is 4.45. The van der Waals surface area contributed by atoms with Crippen LogP contribution in [0.2, 0.25) is 0 Å². The number of carboxylic acid groups (broad SMARTS) is 2. The predicted molar refractivity (Wildman–Crippen MR) is 46.6 cm³/mol. The van der Waals surface area contributed by atoms with Crippen LogP contribution in [0.4, 0.5) is 9.18 Å². The van der Waals surface area contributed by atoms with Crippen molar-refractivity contribution in [1.82, 2.24) is 4.90 Å². The number of imide groups is 1. The van der Waals surface area contributed by atoms with Gasteiger partial charge in [-0.3, -0.25) is 4.79 Å². The third-order valence-corrected chi connectivity index (χ3v) is 2.15. The SMILES string of the molecule is O=C(O)[C@@H]1C[C@H](OCCF)C(=O)N1C(=O)O. The Morgan fingerprint density at radius 3 is 2.50 bits per heavy atom. The Kier molecular flexibility index (Phi) is 3.78. The maximum atomic E-state index is 11.8. The molecule has 2 N–H and O–H groups in total. The highest BCUT2D eigenvalue weighted by molar-refractivity contribution is 6.00. The lowest BCUT2D eigenvalue weighted by Gasteiger charge is -2.14. The lowest BCUT2D eigenvalue weighted by Crippen LogP contribution is -2.42. The molecule has 1 rings (SSSR count). The molecule has 7 nitrogen and oxygen atoms in total. The van der Waals surface area contributed by atoms with Gasteiger partial charge in [0, 0.05) is 6.42 Å². The van der Waals surface area contributed by atoms with E-state index in [4.69, 9.17) is 14.9 Å². The number of nitrogens with zero attached hydrogens (tertiary/aromatic N) is 1. The monoisotopic (exact) mass is 235 g/mol. The summed E-state index contributed by atoms with van der Waals surface area (Å²) in [6, 6.07) is -1.46. The van der Waals surface area contributed by atoms with Crippen LogP contribution >= 0.6 is 0 Å². The first-order chi connectivity index (χ1) is 7.49. The third-order valence-electron chi connectivity index (χ3n) is 2.15. The number of carbonyl (C=O) groups is 3. The summed E-state index contributed by atoms with van der Waals surface area (Å²) in [6.07, 6.45) is -3.14. The van der Waals surface area contributed by atoms with Gasteiger partial charge in [0.25, 0.3) is 5.91 Å². The Morgan fingerprint density at radius 2 is 2.12 bits per heavy atom. The summed E-state index contributed by atoms with van der Waals surface area (Å²) in [6.45, 7) is -1.19. The van der Waals surface area contributed by atoms with Crippen molar-refractivity contribution in [2.45, 2.75) is 18.6 Å². The molecular formula is C8H10FNO6. The number of hydrogen-bond acceptors (Lipinski definition) is 4. The molecule has 0 aromatic heterocycles. The molecule has 0 spiro atoms. The average Bonchev–Trinajstić information content (AvgIpc) is 2.53. The van der Waals surface area contributed by atoms with Crippen LogP contribution in [0.3, 0.4) is 0 Å². The van der Waals surface area contributed by atoms with Crippen molar-refractivity contribution in [2.75, 3.05) is 13.3 Å². The van der Waals surface area contributed by atoms with Crippen molar-refractivity contribution in [3.63, 3.8) is 0 Å². The Morgan fingerprint density at radius 1 is 1.50 bits per heavy atom. The van der Waals surface area contributed by atoms with Gasteiger partial charge in [-0.05, 0) is 0 Å². The zero-order valence-corrected chi connectivity index (χ0v) is 8.13. The number of hydrogen-bond donors (Lipinski definition) is 2. The molecule has 1 aliphatic heterocycles. The number of halogens is 1. The maximum Gasteiger partial charge on any atom is 0.414 e. The second-order valence-electron chi connectivity index (χ2n) is 3.13. The van der Waals surface area contributed by atoms with Gasteiger partial charge in [-0.1, -0.05) is 0 Å². The summed E-state index contributed by atoms with van der Waals surface area (Å²) in [4.78, 5) is 33.0. The van der Waals surface area contributed by atoms with E-state index in [9.17, 15) is 18.8 Å². The minimum absolute atomic E-state index is 0.200. The minimum Gasteiger partial charge on any atom is -0.480 e. The van der Waals surface area contributed by atoms with Crippen molar-refractivity contribution in [3.05, 3.63) is 0 Å². The van der Waals surface area contributed by atoms with Crippen LogP contribution in [-0.4, -0.2) is 58.5 Å². The number of alkyl halides is 1. The molecular weight excluding hydrogens is 225 g/mol. The van der Waals surface area contributed by atoms with Crippen molar-refractivity contribution in [3.8, 4) is 0 Å². The molecule has 1 aliphatic rings. The highest BCUT2D eigenvalue weighted by Gasteiger charge is 2.47. The fraction of sp³-hybridized carbons (Fsp3) is 0.625. The molecule has 0 aromatic carbocycles. The van der Waals surface area contributed by atoms with Crippen molar-refractivity contribution in [2.24, 2.45) is 0 Å². The lowest BCUT2D eigenvalue weighted by atomic mass is 10.2. The summed E-state index contributed by atoms with van der Waals surface area (Å²) >= 11 is 0. The molecule has 1 heterocycles. The molecule has 0 aromatic rings. The fourth-order valence-electron chi connectivity index (χ4n) is 1.48. The Hall–Kier alpha value is -1.70. The molecule has 0 aliphatic carbocycles. The second-order valence-corrected chi connectivity index (χ2v) is 3.13. The number of likely N-dealkylation sites (tertiary alicyclic amines) is 1. The van der Waals surface area contributed by atoms with E-state index in [1.165, 1.54) is 0 Å². The van der Waals surface area contributed by atoms with E-state index in [2.05, 4.69) is 0 Å². The first kappa shape index (κ1) is 12.4. The average molecular weight is 235 g/mol. The molecule has 2 atom stereocenters. The van der Waals surface area contributed by atoms with Crippen molar-refractivity contribution in [1.29, 1.82) is 0 Å². The van der Waals surface area contributed by atoms with E-state index in [-0.39, 0.29) is 17.9 Å². The van der Waals surface area contributed by atoms with E-state index < -0.39 is 36.8 Å². The smallest absolute Gasteiger partial charge is 0.414 e. The highest BCUT2D eigenvalue weighted by Crippen LogP contribution is 2.22. The number of aliphatic carboxylic acids is 1. The van der Waals surface area contributed by atoms with E-state index in [0.717, 1.165) is 0 Å². The molecule has 0 bridgehead atoms. The largest absolute Gasteiger partial charge is 0.480 e. The van der Waals surface area contributed by atoms with Crippen LogP contribution in [0.25, 0.3) is 0 Å². The van der Waals surface area contributed by atoms with Crippen LogP contribution < -0.4 is 0 Å². The summed E-state index contributed by atoms with van der Waals surface area (Å²) in [7, 11) is 0. The quantitative estimate of drug-likeness (QED) is 0.693. The van der Waals surface area contributed by atoms with E-state index in [1.807, 2.05) is 0 Å².